The molecule has 1 aliphatic rings. The molecule has 1 amide bonds. The van der Waals surface area contributed by atoms with Gasteiger partial charge in [0.15, 0.2) is 0 Å². The lowest BCUT2D eigenvalue weighted by Crippen LogP contribution is -2.46. The molecule has 1 aliphatic heterocycles. The van der Waals surface area contributed by atoms with Crippen LogP contribution < -0.4 is 5.32 Å². The minimum atomic E-state index is -0.924. The van der Waals surface area contributed by atoms with Crippen molar-refractivity contribution in [1.29, 1.82) is 0 Å². The molecule has 104 valence electrons. The van der Waals surface area contributed by atoms with E-state index in [4.69, 9.17) is 9.15 Å². The first-order chi connectivity index (χ1) is 9.03. The highest BCUT2D eigenvalue weighted by atomic mass is 16.5. The molecule has 0 unspecified atom stereocenters. The molecule has 6 heteroatoms. The van der Waals surface area contributed by atoms with Crippen LogP contribution in [0, 0.1) is 12.3 Å². The lowest BCUT2D eigenvalue weighted by molar-refractivity contribution is -0.154. The van der Waals surface area contributed by atoms with Gasteiger partial charge in [0.2, 0.25) is 0 Å². The first-order valence-corrected chi connectivity index (χ1v) is 6.18. The summed E-state index contributed by atoms with van der Waals surface area (Å²) >= 11 is 0. The average Bonchev–Trinajstić information content (AvgIpc) is 2.83. The molecule has 6 nitrogen and oxygen atoms in total. The minimum absolute atomic E-state index is 0.106. The molecule has 2 rings (SSSR count). The first-order valence-electron chi connectivity index (χ1n) is 6.18. The molecule has 0 aliphatic carbocycles. The summed E-state index contributed by atoms with van der Waals surface area (Å²) in [6.45, 7) is 2.67. The van der Waals surface area contributed by atoms with Gasteiger partial charge in [0.1, 0.15) is 12.0 Å². The fraction of sp³-hybridized carbons (Fsp3) is 0.538. The normalized spacial score (nSPS) is 17.9. The molecule has 0 atom stereocenters. The van der Waals surface area contributed by atoms with E-state index in [0.717, 1.165) is 0 Å². The van der Waals surface area contributed by atoms with Gasteiger partial charge in [0, 0.05) is 19.8 Å². The average molecular weight is 267 g/mol. The summed E-state index contributed by atoms with van der Waals surface area (Å²) in [5.41, 5.74) is -0.516. The second-order valence-electron chi connectivity index (χ2n) is 4.83. The Bertz CT molecular complexity index is 473. The highest BCUT2D eigenvalue weighted by molar-refractivity contribution is 5.94. The maximum atomic E-state index is 11.9. The van der Waals surface area contributed by atoms with Crippen LogP contribution in [0.5, 0.6) is 0 Å². The van der Waals surface area contributed by atoms with Crippen LogP contribution in [0.3, 0.4) is 0 Å². The Morgan fingerprint density at radius 1 is 1.42 bits per heavy atom. The molecule has 19 heavy (non-hydrogen) atoms. The number of carbonyl (C=O) groups is 2. The second kappa shape index (κ2) is 5.44. The fourth-order valence-electron chi connectivity index (χ4n) is 2.14. The number of carboxylic acid groups (broad SMARTS) is 1. The van der Waals surface area contributed by atoms with E-state index in [9.17, 15) is 14.7 Å². The standard InChI is InChI=1S/C13H17NO5/c1-9-6-10(7-19-9)11(15)14-8-13(12(16)17)2-4-18-5-3-13/h6-7H,2-5,8H2,1H3,(H,14,15)(H,16,17). The Hall–Kier alpha value is -1.82. The van der Waals surface area contributed by atoms with Gasteiger partial charge in [-0.3, -0.25) is 9.59 Å². The van der Waals surface area contributed by atoms with Crippen LogP contribution in [0.2, 0.25) is 0 Å². The van der Waals surface area contributed by atoms with Crippen molar-refractivity contribution >= 4 is 11.9 Å². The van der Waals surface area contributed by atoms with E-state index >= 15 is 0 Å². The molecule has 1 fully saturated rings. The monoisotopic (exact) mass is 267 g/mol. The molecule has 1 aromatic heterocycles. The third kappa shape index (κ3) is 2.96. The van der Waals surface area contributed by atoms with Gasteiger partial charge in [0.05, 0.1) is 11.0 Å². The molecular weight excluding hydrogens is 250 g/mol. The number of carboxylic acids is 1. The Morgan fingerprint density at radius 2 is 2.11 bits per heavy atom. The summed E-state index contributed by atoms with van der Waals surface area (Å²) in [7, 11) is 0. The van der Waals surface area contributed by atoms with Crippen molar-refractivity contribution in [2.45, 2.75) is 19.8 Å². The van der Waals surface area contributed by atoms with Gasteiger partial charge in [-0.25, -0.2) is 0 Å². The van der Waals surface area contributed by atoms with Crippen molar-refractivity contribution in [3.05, 3.63) is 23.7 Å². The quantitative estimate of drug-likeness (QED) is 0.855. The fourth-order valence-corrected chi connectivity index (χ4v) is 2.14. The second-order valence-corrected chi connectivity index (χ2v) is 4.83. The van der Waals surface area contributed by atoms with Crippen molar-refractivity contribution in [1.82, 2.24) is 5.32 Å². The minimum Gasteiger partial charge on any atom is -0.481 e. The summed E-state index contributed by atoms with van der Waals surface area (Å²) in [5, 5.41) is 12.0. The number of nitrogens with one attached hydrogen (secondary N) is 1. The molecule has 0 aromatic carbocycles. The van der Waals surface area contributed by atoms with Crippen LogP contribution in [0.25, 0.3) is 0 Å². The highest BCUT2D eigenvalue weighted by Crippen LogP contribution is 2.30. The molecule has 1 saturated heterocycles. The van der Waals surface area contributed by atoms with Crippen molar-refractivity contribution in [2.75, 3.05) is 19.8 Å². The summed E-state index contributed by atoms with van der Waals surface area (Å²) in [5.74, 6) is -0.562. The van der Waals surface area contributed by atoms with Crippen LogP contribution >= 0.6 is 0 Å². The predicted molar refractivity (Wildman–Crippen MR) is 65.9 cm³/mol. The molecule has 0 spiro atoms. The van der Waals surface area contributed by atoms with E-state index in [-0.39, 0.29) is 12.5 Å². The van der Waals surface area contributed by atoms with Gasteiger partial charge in [-0.15, -0.1) is 0 Å². The zero-order valence-electron chi connectivity index (χ0n) is 10.8. The lowest BCUT2D eigenvalue weighted by Gasteiger charge is -2.33. The van der Waals surface area contributed by atoms with E-state index < -0.39 is 11.4 Å². The van der Waals surface area contributed by atoms with E-state index in [1.165, 1.54) is 6.26 Å². The van der Waals surface area contributed by atoms with Crippen molar-refractivity contribution in [2.24, 2.45) is 5.41 Å². The van der Waals surface area contributed by atoms with Crippen LogP contribution in [0.4, 0.5) is 0 Å². The van der Waals surface area contributed by atoms with Crippen molar-refractivity contribution in [3.8, 4) is 0 Å². The van der Waals surface area contributed by atoms with E-state index in [0.29, 0.717) is 37.4 Å². The Balaban J connectivity index is 1.99. The van der Waals surface area contributed by atoms with Gasteiger partial charge in [-0.05, 0) is 25.8 Å². The zero-order valence-corrected chi connectivity index (χ0v) is 10.8. The van der Waals surface area contributed by atoms with Gasteiger partial charge in [-0.2, -0.15) is 0 Å². The molecule has 0 bridgehead atoms. The highest BCUT2D eigenvalue weighted by Gasteiger charge is 2.40. The van der Waals surface area contributed by atoms with Crippen molar-refractivity contribution in [3.63, 3.8) is 0 Å². The van der Waals surface area contributed by atoms with Gasteiger partial charge in [-0.1, -0.05) is 0 Å². The number of aryl methyl sites for hydroxylation is 1. The number of aliphatic carboxylic acids is 1. The Labute approximate surface area is 110 Å². The SMILES string of the molecule is Cc1cc(C(=O)NCC2(C(=O)O)CCOCC2)co1. The third-order valence-electron chi connectivity index (χ3n) is 3.48. The number of hydrogen-bond acceptors (Lipinski definition) is 4. The van der Waals surface area contributed by atoms with Crippen LogP contribution in [-0.4, -0.2) is 36.7 Å². The zero-order chi connectivity index (χ0) is 13.9. The van der Waals surface area contributed by atoms with Crippen molar-refractivity contribution < 1.29 is 23.8 Å². The summed E-state index contributed by atoms with van der Waals surface area (Å²) in [4.78, 5) is 23.3. The lowest BCUT2D eigenvalue weighted by atomic mass is 9.80. The number of hydrogen-bond donors (Lipinski definition) is 2. The van der Waals surface area contributed by atoms with Crippen LogP contribution in [0.1, 0.15) is 29.0 Å². The molecule has 1 aromatic rings. The topological polar surface area (TPSA) is 88.8 Å². The van der Waals surface area contributed by atoms with E-state index in [1.54, 1.807) is 13.0 Å². The van der Waals surface area contributed by atoms with Crippen LogP contribution in [-0.2, 0) is 9.53 Å². The van der Waals surface area contributed by atoms with E-state index in [2.05, 4.69) is 5.32 Å². The summed E-state index contributed by atoms with van der Waals surface area (Å²) in [6, 6.07) is 1.62. The summed E-state index contributed by atoms with van der Waals surface area (Å²) < 4.78 is 10.2. The number of ether oxygens (including phenoxy) is 1. The number of carbonyl (C=O) groups excluding carboxylic acids is 1. The third-order valence-corrected chi connectivity index (χ3v) is 3.48. The molecular formula is C13H17NO5. The number of amides is 1. The Morgan fingerprint density at radius 3 is 2.63 bits per heavy atom. The van der Waals surface area contributed by atoms with Gasteiger partial charge in [0.25, 0.3) is 5.91 Å². The number of rotatable bonds is 4. The molecule has 2 heterocycles. The smallest absolute Gasteiger partial charge is 0.311 e. The number of furan rings is 1. The molecule has 2 N–H and O–H groups in total. The predicted octanol–water partition coefficient (Wildman–Crippen LogP) is 1.20. The van der Waals surface area contributed by atoms with Gasteiger partial charge < -0.3 is 19.6 Å². The maximum absolute atomic E-state index is 11.9. The Kier molecular flexibility index (Phi) is 3.90. The van der Waals surface area contributed by atoms with E-state index in [1.807, 2.05) is 0 Å². The van der Waals surface area contributed by atoms with Crippen LogP contribution in [0.15, 0.2) is 16.7 Å². The van der Waals surface area contributed by atoms with Gasteiger partial charge >= 0.3 is 5.97 Å². The largest absolute Gasteiger partial charge is 0.481 e. The maximum Gasteiger partial charge on any atom is 0.311 e. The molecule has 0 saturated carbocycles. The summed E-state index contributed by atoms with van der Waals surface area (Å²) in [6.07, 6.45) is 2.18. The first kappa shape index (κ1) is 13.6. The molecule has 0 radical (unpaired) electrons.